The lowest BCUT2D eigenvalue weighted by atomic mass is 9.98. The molecule has 0 aliphatic carbocycles. The molecule has 0 amide bonds. The van der Waals surface area contributed by atoms with Crippen LogP contribution < -0.4 is 4.89 Å². The topological polar surface area (TPSA) is 32.3 Å². The van der Waals surface area contributed by atoms with Gasteiger partial charge < -0.3 is 13.9 Å². The molecule has 3 nitrogen and oxygen atoms in total. The summed E-state index contributed by atoms with van der Waals surface area (Å²) in [6, 6.07) is 8.18. The number of hydrogen-bond acceptors (Lipinski definition) is 3. The largest absolute Gasteiger partial charge is 0.793 e. The lowest BCUT2D eigenvalue weighted by Crippen LogP contribution is -2.39. The molecule has 20 heavy (non-hydrogen) atoms. The molecule has 0 spiro atoms. The van der Waals surface area contributed by atoms with E-state index in [4.69, 9.17) is 16.3 Å². The van der Waals surface area contributed by atoms with Gasteiger partial charge in [-0.15, -0.1) is 12.2 Å². The van der Waals surface area contributed by atoms with Gasteiger partial charge in [-0.25, -0.2) is 0 Å². The maximum absolute atomic E-state index is 11.8. The van der Waals surface area contributed by atoms with Crippen LogP contribution in [0.5, 0.6) is 0 Å². The lowest BCUT2D eigenvalue weighted by Gasteiger charge is -2.33. The zero-order valence-electron chi connectivity index (χ0n) is 12.7. The molecule has 0 bridgehead atoms. The molecule has 2 unspecified atom stereocenters. The molecule has 114 valence electrons. The van der Waals surface area contributed by atoms with E-state index >= 15 is 0 Å². The van der Waals surface area contributed by atoms with Gasteiger partial charge in [-0.3, -0.25) is 0 Å². The first-order valence-corrected chi connectivity index (χ1v) is 10.4. The molecule has 2 atom stereocenters. The van der Waals surface area contributed by atoms with Gasteiger partial charge in [0.1, 0.15) is 12.6 Å². The molecule has 1 aromatic rings. The summed E-state index contributed by atoms with van der Waals surface area (Å²) < 4.78 is 6.25. The van der Waals surface area contributed by atoms with Crippen LogP contribution in [0.4, 0.5) is 0 Å². The normalized spacial score (nSPS) is 17.0. The summed E-state index contributed by atoms with van der Waals surface area (Å²) in [5, 5.41) is 0. The van der Waals surface area contributed by atoms with Crippen molar-refractivity contribution >= 4 is 29.7 Å². The summed E-state index contributed by atoms with van der Waals surface area (Å²) in [6.07, 6.45) is -0.311. The van der Waals surface area contributed by atoms with Gasteiger partial charge in [0, 0.05) is 5.69 Å². The third kappa shape index (κ3) is 6.70. The summed E-state index contributed by atoms with van der Waals surface area (Å²) in [7, 11) is 6.19. The first kappa shape index (κ1) is 18.1. The van der Waals surface area contributed by atoms with Crippen molar-refractivity contribution in [3.05, 3.63) is 35.4 Å². The minimum Gasteiger partial charge on any atom is -0.793 e. The Morgan fingerprint density at radius 2 is 1.85 bits per heavy atom. The molecule has 0 saturated carbocycles. The lowest BCUT2D eigenvalue weighted by molar-refractivity contribution is -0.874. The van der Waals surface area contributed by atoms with Crippen molar-refractivity contribution in [3.63, 3.8) is 0 Å². The Morgan fingerprint density at radius 3 is 2.30 bits per heavy atom. The first-order chi connectivity index (χ1) is 8.98. The highest BCUT2D eigenvalue weighted by molar-refractivity contribution is 8.59. The molecule has 1 aromatic carbocycles. The molecule has 0 saturated heterocycles. The SMILES string of the molecule is CC(C)c1cccc(C(C[N+](C)(C)C)OP([O-])(=S)S)c1. The van der Waals surface area contributed by atoms with E-state index in [1.54, 1.807) is 0 Å². The van der Waals surface area contributed by atoms with Crippen LogP contribution in [0.3, 0.4) is 0 Å². The highest BCUT2D eigenvalue weighted by atomic mass is 32.9. The maximum Gasteiger partial charge on any atom is 0.136 e. The Balaban J connectivity index is 3.09. The second-order valence-electron chi connectivity index (χ2n) is 6.36. The maximum atomic E-state index is 11.8. The van der Waals surface area contributed by atoms with Gasteiger partial charge in [-0.2, -0.15) is 0 Å². The highest BCUT2D eigenvalue weighted by Gasteiger charge is 2.23. The van der Waals surface area contributed by atoms with Crippen LogP contribution in [-0.2, 0) is 16.3 Å². The van der Waals surface area contributed by atoms with Gasteiger partial charge in [-0.1, -0.05) is 49.9 Å². The van der Waals surface area contributed by atoms with Crippen LogP contribution in [0.15, 0.2) is 24.3 Å². The quantitative estimate of drug-likeness (QED) is 0.493. The minimum atomic E-state index is -3.24. The van der Waals surface area contributed by atoms with Crippen molar-refractivity contribution in [1.29, 1.82) is 0 Å². The third-order valence-electron chi connectivity index (χ3n) is 2.92. The average Bonchev–Trinajstić information content (AvgIpc) is 2.24. The van der Waals surface area contributed by atoms with E-state index in [1.165, 1.54) is 5.56 Å². The predicted octanol–water partition coefficient (Wildman–Crippen LogP) is 3.09. The van der Waals surface area contributed by atoms with Crippen LogP contribution in [0.2, 0.25) is 0 Å². The number of likely N-dealkylation sites (N-methyl/N-ethyl adjacent to an activating group) is 1. The van der Waals surface area contributed by atoms with Gasteiger partial charge in [0.2, 0.25) is 0 Å². The fraction of sp³-hybridized carbons (Fsp3) is 0.571. The standard InChI is InChI=1S/C14H24NO2PS2/c1-11(2)12-7-6-8-13(9-12)14(10-15(3,4)5)17-18(16,19)20/h6-9,11,14H,10H2,1-5H3,(H-,16,19,20). The van der Waals surface area contributed by atoms with Crippen molar-refractivity contribution in [1.82, 2.24) is 0 Å². The zero-order chi connectivity index (χ0) is 15.6. The molecular formula is C14H24NO2PS2. The monoisotopic (exact) mass is 333 g/mol. The average molecular weight is 333 g/mol. The second kappa shape index (κ2) is 6.91. The molecule has 0 heterocycles. The van der Waals surface area contributed by atoms with E-state index in [2.05, 4.69) is 59.4 Å². The van der Waals surface area contributed by atoms with E-state index in [9.17, 15) is 4.89 Å². The highest BCUT2D eigenvalue weighted by Crippen LogP contribution is 2.47. The molecule has 6 heteroatoms. The third-order valence-corrected chi connectivity index (χ3v) is 3.99. The van der Waals surface area contributed by atoms with Gasteiger partial charge in [0.15, 0.2) is 0 Å². The van der Waals surface area contributed by atoms with Gasteiger partial charge in [0.25, 0.3) is 0 Å². The minimum absolute atomic E-state index is 0.311. The summed E-state index contributed by atoms with van der Waals surface area (Å²) >= 11 is 8.73. The molecule has 0 aliphatic rings. The summed E-state index contributed by atoms with van der Waals surface area (Å²) in [5.41, 5.74) is -1.01. The molecule has 0 aliphatic heterocycles. The molecule has 0 fully saturated rings. The van der Waals surface area contributed by atoms with Crippen molar-refractivity contribution in [2.24, 2.45) is 0 Å². The summed E-state index contributed by atoms with van der Waals surface area (Å²) in [4.78, 5) is 11.8. The second-order valence-corrected chi connectivity index (χ2v) is 11.3. The van der Waals surface area contributed by atoms with E-state index in [-0.39, 0.29) is 6.10 Å². The van der Waals surface area contributed by atoms with Crippen molar-refractivity contribution < 1.29 is 13.9 Å². The van der Waals surface area contributed by atoms with Crippen molar-refractivity contribution in [2.45, 2.75) is 25.9 Å². The number of nitrogens with zero attached hydrogens (tertiary/aromatic N) is 1. The Hall–Kier alpha value is 0.1000. The fourth-order valence-corrected chi connectivity index (χ4v) is 3.14. The van der Waals surface area contributed by atoms with Gasteiger partial charge in [0.05, 0.1) is 21.1 Å². The summed E-state index contributed by atoms with van der Waals surface area (Å²) in [6.45, 7) is 4.97. The molecule has 0 aromatic heterocycles. The van der Waals surface area contributed by atoms with Crippen LogP contribution in [-0.4, -0.2) is 32.2 Å². The number of thiol groups is 1. The molecule has 0 N–H and O–H groups in total. The Kier molecular flexibility index (Phi) is 6.27. The fourth-order valence-electron chi connectivity index (χ4n) is 1.98. The number of quaternary nitrogens is 1. The Morgan fingerprint density at radius 1 is 1.30 bits per heavy atom. The van der Waals surface area contributed by atoms with Crippen LogP contribution in [0.1, 0.15) is 37.0 Å². The van der Waals surface area contributed by atoms with Crippen LogP contribution in [0, 0.1) is 0 Å². The molecule has 1 rings (SSSR count). The first-order valence-electron chi connectivity index (χ1n) is 6.60. The van der Waals surface area contributed by atoms with Crippen molar-refractivity contribution in [3.8, 4) is 0 Å². The predicted molar refractivity (Wildman–Crippen MR) is 90.5 cm³/mol. The van der Waals surface area contributed by atoms with Gasteiger partial charge in [-0.05, 0) is 17.0 Å². The Labute approximate surface area is 132 Å². The van der Waals surface area contributed by atoms with Crippen molar-refractivity contribution in [2.75, 3.05) is 27.7 Å². The molecule has 0 radical (unpaired) electrons. The number of hydrogen-bond donors (Lipinski definition) is 1. The van der Waals surface area contributed by atoms with Crippen LogP contribution >= 0.6 is 17.9 Å². The van der Waals surface area contributed by atoms with Crippen LogP contribution in [0.25, 0.3) is 0 Å². The summed E-state index contributed by atoms with van der Waals surface area (Å²) in [5.74, 6) is 0.436. The Bertz CT molecular complexity index is 494. The van der Waals surface area contributed by atoms with E-state index in [0.29, 0.717) is 16.9 Å². The van der Waals surface area contributed by atoms with Gasteiger partial charge >= 0.3 is 0 Å². The molecular weight excluding hydrogens is 309 g/mol. The van der Waals surface area contributed by atoms with E-state index in [1.807, 2.05) is 12.1 Å². The number of benzene rings is 1. The zero-order valence-corrected chi connectivity index (χ0v) is 15.3. The smallest absolute Gasteiger partial charge is 0.136 e. The van der Waals surface area contributed by atoms with E-state index < -0.39 is 5.69 Å². The van der Waals surface area contributed by atoms with E-state index in [0.717, 1.165) is 5.56 Å². The number of rotatable bonds is 6.